The molecule has 0 aliphatic heterocycles. The smallest absolute Gasteiger partial charge is 0.430 e. The van der Waals surface area contributed by atoms with Gasteiger partial charge in [-0.05, 0) is 35.9 Å². The molecule has 0 unspecified atom stereocenters. The molecule has 2 aromatic carbocycles. The predicted molar refractivity (Wildman–Crippen MR) is 108 cm³/mol. The quantitative estimate of drug-likeness (QED) is 0.449. The van der Waals surface area contributed by atoms with E-state index in [0.29, 0.717) is 11.6 Å². The van der Waals surface area contributed by atoms with E-state index in [4.69, 9.17) is 5.73 Å². The molecule has 3 rings (SSSR count). The van der Waals surface area contributed by atoms with Crippen molar-refractivity contribution in [2.45, 2.75) is 6.18 Å². The van der Waals surface area contributed by atoms with Gasteiger partial charge in [-0.1, -0.05) is 18.2 Å². The third kappa shape index (κ3) is 4.75. The Hall–Kier alpha value is -3.88. The Morgan fingerprint density at radius 3 is 2.47 bits per heavy atom. The molecule has 1 amide bonds. The number of amidine groups is 1. The molecule has 4 N–H and O–H groups in total. The van der Waals surface area contributed by atoms with Gasteiger partial charge in [0.15, 0.2) is 0 Å². The van der Waals surface area contributed by atoms with Crippen LogP contribution in [0.4, 0.5) is 13.2 Å². The zero-order valence-electron chi connectivity index (χ0n) is 15.7. The van der Waals surface area contributed by atoms with Crippen LogP contribution in [0.25, 0.3) is 22.0 Å². The second kappa shape index (κ2) is 8.24. The van der Waals surface area contributed by atoms with E-state index in [1.165, 1.54) is 19.2 Å². The summed E-state index contributed by atoms with van der Waals surface area (Å²) in [6, 6.07) is 13.3. The van der Waals surface area contributed by atoms with Gasteiger partial charge in [0, 0.05) is 35.8 Å². The molecule has 0 aliphatic rings. The standard InChI is InChI=1S/C21H17F3N4O2/c1-26-19(10-18(25)21(22,23)24)28-20(30)14-3-2-13-8-15(11-27-17(13)9-14)12-4-6-16(29)7-5-12/h2-11,29H,25H2,1H3,(H,26,28,30). The molecule has 0 radical (unpaired) electrons. The van der Waals surface area contributed by atoms with Crippen molar-refractivity contribution >= 4 is 22.6 Å². The Morgan fingerprint density at radius 1 is 1.13 bits per heavy atom. The van der Waals surface area contributed by atoms with Crippen LogP contribution in [0.15, 0.2) is 71.5 Å². The minimum atomic E-state index is -4.72. The van der Waals surface area contributed by atoms with Gasteiger partial charge in [-0.2, -0.15) is 13.2 Å². The first kappa shape index (κ1) is 20.8. The number of aromatic hydroxyl groups is 1. The molecule has 1 heterocycles. The summed E-state index contributed by atoms with van der Waals surface area (Å²) < 4.78 is 37.7. The fraction of sp³-hybridized carbons (Fsp3) is 0.0952. The molecule has 0 fully saturated rings. The average Bonchev–Trinajstić information content (AvgIpc) is 2.72. The third-order valence-corrected chi connectivity index (χ3v) is 4.25. The molecule has 0 aliphatic carbocycles. The predicted octanol–water partition coefficient (Wildman–Crippen LogP) is 3.77. The second-order valence-electron chi connectivity index (χ2n) is 6.34. The summed E-state index contributed by atoms with van der Waals surface area (Å²) >= 11 is 0. The first-order valence-electron chi connectivity index (χ1n) is 8.69. The number of alkyl halides is 3. The number of allylic oxidation sites excluding steroid dienone is 1. The van der Waals surface area contributed by atoms with Gasteiger partial charge in [-0.3, -0.25) is 14.8 Å². The molecule has 0 saturated carbocycles. The average molecular weight is 414 g/mol. The van der Waals surface area contributed by atoms with Gasteiger partial charge in [0.05, 0.1) is 5.52 Å². The summed E-state index contributed by atoms with van der Waals surface area (Å²) in [5.74, 6) is -0.802. The maximum absolute atomic E-state index is 12.6. The van der Waals surface area contributed by atoms with Crippen molar-refractivity contribution in [2.75, 3.05) is 7.05 Å². The number of hydrogen-bond acceptors (Lipinski definition) is 5. The van der Waals surface area contributed by atoms with Crippen molar-refractivity contribution in [1.82, 2.24) is 10.3 Å². The van der Waals surface area contributed by atoms with Crippen molar-refractivity contribution in [2.24, 2.45) is 10.7 Å². The number of nitrogens with one attached hydrogen (secondary N) is 1. The number of fused-ring (bicyclic) bond motifs is 1. The number of hydrogen-bond donors (Lipinski definition) is 3. The third-order valence-electron chi connectivity index (χ3n) is 4.25. The van der Waals surface area contributed by atoms with Gasteiger partial charge in [0.1, 0.15) is 17.3 Å². The number of halogens is 3. The van der Waals surface area contributed by atoms with Crippen LogP contribution in [-0.2, 0) is 0 Å². The van der Waals surface area contributed by atoms with Crippen molar-refractivity contribution in [3.63, 3.8) is 0 Å². The Kier molecular flexibility index (Phi) is 5.72. The number of phenolic OH excluding ortho intramolecular Hbond substituents is 1. The zero-order valence-corrected chi connectivity index (χ0v) is 15.7. The number of carbonyl (C=O) groups is 1. The normalized spacial score (nSPS) is 12.8. The van der Waals surface area contributed by atoms with E-state index in [9.17, 15) is 23.1 Å². The topological polar surface area (TPSA) is 101 Å². The molecule has 1 aromatic heterocycles. The van der Waals surface area contributed by atoms with Crippen LogP contribution in [0.1, 0.15) is 10.4 Å². The highest BCUT2D eigenvalue weighted by molar-refractivity contribution is 6.11. The van der Waals surface area contributed by atoms with E-state index in [0.717, 1.165) is 16.5 Å². The van der Waals surface area contributed by atoms with E-state index >= 15 is 0 Å². The van der Waals surface area contributed by atoms with Crippen LogP contribution in [0.5, 0.6) is 5.75 Å². The number of aliphatic imine (C=N–C) groups is 1. The molecule has 3 aromatic rings. The van der Waals surface area contributed by atoms with Crippen molar-refractivity contribution in [3.8, 4) is 16.9 Å². The van der Waals surface area contributed by atoms with E-state index in [-0.39, 0.29) is 17.1 Å². The fourth-order valence-electron chi connectivity index (χ4n) is 2.65. The van der Waals surface area contributed by atoms with Crippen LogP contribution in [0.3, 0.4) is 0 Å². The summed E-state index contributed by atoms with van der Waals surface area (Å²) in [7, 11) is 1.24. The summed E-state index contributed by atoms with van der Waals surface area (Å²) in [6.07, 6.45) is -2.54. The van der Waals surface area contributed by atoms with E-state index in [1.54, 1.807) is 36.5 Å². The molecule has 6 nitrogen and oxygen atoms in total. The SMILES string of the molecule is CN=C(C=C(N)C(F)(F)F)NC(=O)c1ccc2cc(-c3ccc(O)cc3)cnc2c1. The van der Waals surface area contributed by atoms with Gasteiger partial charge >= 0.3 is 6.18 Å². The Balaban J connectivity index is 1.83. The maximum atomic E-state index is 12.6. The lowest BCUT2D eigenvalue weighted by Gasteiger charge is -2.09. The Labute approximate surface area is 169 Å². The number of phenols is 1. The highest BCUT2D eigenvalue weighted by Gasteiger charge is 2.31. The number of pyridine rings is 1. The lowest BCUT2D eigenvalue weighted by atomic mass is 10.0. The maximum Gasteiger partial charge on any atom is 0.430 e. The number of aromatic nitrogens is 1. The summed E-state index contributed by atoms with van der Waals surface area (Å²) in [4.78, 5) is 20.4. The summed E-state index contributed by atoms with van der Waals surface area (Å²) in [6.45, 7) is 0. The van der Waals surface area contributed by atoms with E-state index in [1.807, 2.05) is 6.07 Å². The van der Waals surface area contributed by atoms with Crippen molar-refractivity contribution in [3.05, 3.63) is 72.1 Å². The fourth-order valence-corrected chi connectivity index (χ4v) is 2.65. The van der Waals surface area contributed by atoms with Gasteiger partial charge in [-0.25, -0.2) is 0 Å². The number of nitrogens with zero attached hydrogens (tertiary/aromatic N) is 2. The van der Waals surface area contributed by atoms with E-state index < -0.39 is 17.8 Å². The molecule has 154 valence electrons. The van der Waals surface area contributed by atoms with Crippen LogP contribution >= 0.6 is 0 Å². The number of benzene rings is 2. The first-order valence-corrected chi connectivity index (χ1v) is 8.69. The summed E-state index contributed by atoms with van der Waals surface area (Å²) in [5.41, 5.74) is 6.02. The molecular weight excluding hydrogens is 397 g/mol. The Morgan fingerprint density at radius 2 is 1.83 bits per heavy atom. The van der Waals surface area contributed by atoms with Gasteiger partial charge in [0.25, 0.3) is 5.91 Å². The number of carbonyl (C=O) groups excluding carboxylic acids is 1. The van der Waals surface area contributed by atoms with Crippen molar-refractivity contribution < 1.29 is 23.1 Å². The molecule has 0 saturated heterocycles. The minimum Gasteiger partial charge on any atom is -0.508 e. The molecule has 0 atom stereocenters. The largest absolute Gasteiger partial charge is 0.508 e. The molecule has 30 heavy (non-hydrogen) atoms. The van der Waals surface area contributed by atoms with Crippen LogP contribution < -0.4 is 11.1 Å². The van der Waals surface area contributed by atoms with Gasteiger partial charge < -0.3 is 16.2 Å². The molecular formula is C21H17F3N4O2. The zero-order chi connectivity index (χ0) is 21.9. The van der Waals surface area contributed by atoms with Crippen molar-refractivity contribution in [1.29, 1.82) is 0 Å². The molecule has 9 heteroatoms. The van der Waals surface area contributed by atoms with Gasteiger partial charge in [0.2, 0.25) is 0 Å². The lowest BCUT2D eigenvalue weighted by molar-refractivity contribution is -0.0925. The lowest BCUT2D eigenvalue weighted by Crippen LogP contribution is -2.31. The highest BCUT2D eigenvalue weighted by atomic mass is 19.4. The van der Waals surface area contributed by atoms with Crippen LogP contribution in [0, 0.1) is 0 Å². The number of nitrogens with two attached hydrogens (primary N) is 1. The van der Waals surface area contributed by atoms with Gasteiger partial charge in [-0.15, -0.1) is 0 Å². The van der Waals surface area contributed by atoms with E-state index in [2.05, 4.69) is 15.3 Å². The number of rotatable bonds is 3. The second-order valence-corrected chi connectivity index (χ2v) is 6.34. The van der Waals surface area contributed by atoms with Crippen LogP contribution in [-0.4, -0.2) is 35.1 Å². The molecule has 0 bridgehead atoms. The monoisotopic (exact) mass is 414 g/mol. The van der Waals surface area contributed by atoms with Crippen LogP contribution in [0.2, 0.25) is 0 Å². The minimum absolute atomic E-state index is 0.157. The number of amides is 1. The molecule has 0 spiro atoms. The highest BCUT2D eigenvalue weighted by Crippen LogP contribution is 2.25. The first-order chi connectivity index (χ1) is 14.2. The Bertz CT molecular complexity index is 1150. The summed E-state index contributed by atoms with van der Waals surface area (Å²) in [5, 5.41) is 12.5.